The largest absolute Gasteiger partial charge is 0.493 e. The average Bonchev–Trinajstić information content (AvgIpc) is 2.92. The highest BCUT2D eigenvalue weighted by Crippen LogP contribution is 2.45. The maximum absolute atomic E-state index is 13.9. The van der Waals surface area contributed by atoms with Gasteiger partial charge in [-0.2, -0.15) is 5.26 Å². The van der Waals surface area contributed by atoms with Crippen LogP contribution in [0.2, 0.25) is 0 Å². The first-order valence-corrected chi connectivity index (χ1v) is 12.4. The molecule has 1 aliphatic heterocycles. The van der Waals surface area contributed by atoms with Crippen molar-refractivity contribution < 1.29 is 32.9 Å². The van der Waals surface area contributed by atoms with Crippen molar-refractivity contribution in [1.29, 1.82) is 5.26 Å². The van der Waals surface area contributed by atoms with Crippen LogP contribution >= 0.6 is 0 Å². The van der Waals surface area contributed by atoms with E-state index in [2.05, 4.69) is 19.9 Å². The standard InChI is InChI=1S/C30H29FN2O6/c1-17(2)16-36-25-12-9-19(13-27(25)35-4)28-21-11-10-20(14-26(21)39-29(33)22(28)15-32)38-30(34)18(3)37-24-8-6-5-7-23(24)31/h5-14,17-18,28H,16,33H2,1-4H3. The fourth-order valence-electron chi connectivity index (χ4n) is 4.06. The number of esters is 1. The van der Waals surface area contributed by atoms with Crippen LogP contribution in [0.25, 0.3) is 0 Å². The van der Waals surface area contributed by atoms with Crippen molar-refractivity contribution in [2.75, 3.05) is 13.7 Å². The Bertz CT molecular complexity index is 1450. The van der Waals surface area contributed by atoms with Gasteiger partial charge in [-0.15, -0.1) is 0 Å². The lowest BCUT2D eigenvalue weighted by molar-refractivity contribution is -0.141. The zero-order valence-electron chi connectivity index (χ0n) is 22.1. The van der Waals surface area contributed by atoms with Crippen LogP contribution in [0.3, 0.4) is 0 Å². The van der Waals surface area contributed by atoms with E-state index >= 15 is 0 Å². The Morgan fingerprint density at radius 2 is 1.85 bits per heavy atom. The number of carbonyl (C=O) groups excluding carboxylic acids is 1. The Morgan fingerprint density at radius 3 is 2.54 bits per heavy atom. The summed E-state index contributed by atoms with van der Waals surface area (Å²) in [4.78, 5) is 12.6. The quantitative estimate of drug-likeness (QED) is 0.286. The highest BCUT2D eigenvalue weighted by Gasteiger charge is 2.32. The molecule has 0 aromatic heterocycles. The normalized spacial score (nSPS) is 15.1. The third-order valence-electron chi connectivity index (χ3n) is 5.97. The number of ether oxygens (including phenoxy) is 5. The summed E-state index contributed by atoms with van der Waals surface area (Å²) in [6.07, 6.45) is -1.08. The molecule has 0 aliphatic carbocycles. The molecule has 39 heavy (non-hydrogen) atoms. The molecular formula is C30H29FN2O6. The van der Waals surface area contributed by atoms with Crippen LogP contribution < -0.4 is 29.4 Å². The van der Waals surface area contributed by atoms with Gasteiger partial charge in [-0.25, -0.2) is 9.18 Å². The van der Waals surface area contributed by atoms with Crippen LogP contribution in [0, 0.1) is 23.1 Å². The second kappa shape index (κ2) is 11.8. The van der Waals surface area contributed by atoms with Crippen molar-refractivity contribution in [2.24, 2.45) is 11.7 Å². The smallest absolute Gasteiger partial charge is 0.352 e. The van der Waals surface area contributed by atoms with E-state index in [1.54, 1.807) is 37.4 Å². The Balaban J connectivity index is 1.60. The first-order chi connectivity index (χ1) is 18.7. The molecule has 0 fully saturated rings. The van der Waals surface area contributed by atoms with Crippen molar-refractivity contribution in [1.82, 2.24) is 0 Å². The monoisotopic (exact) mass is 532 g/mol. The van der Waals surface area contributed by atoms with Crippen LogP contribution in [-0.4, -0.2) is 25.8 Å². The summed E-state index contributed by atoms with van der Waals surface area (Å²) in [6.45, 7) is 6.09. The van der Waals surface area contributed by atoms with Crippen LogP contribution in [0.1, 0.15) is 37.8 Å². The number of nitriles is 1. The summed E-state index contributed by atoms with van der Waals surface area (Å²) in [5.74, 6) is -0.0516. The number of fused-ring (bicyclic) bond motifs is 1. The number of nitrogens with zero attached hydrogens (tertiary/aromatic N) is 1. The number of hydrogen-bond donors (Lipinski definition) is 1. The third-order valence-corrected chi connectivity index (χ3v) is 5.97. The number of allylic oxidation sites excluding steroid dienone is 1. The van der Waals surface area contributed by atoms with Gasteiger partial charge >= 0.3 is 5.97 Å². The summed E-state index contributed by atoms with van der Waals surface area (Å²) in [5.41, 5.74) is 7.75. The molecular weight excluding hydrogens is 503 g/mol. The van der Waals surface area contributed by atoms with Gasteiger partial charge in [0.2, 0.25) is 5.88 Å². The predicted octanol–water partition coefficient (Wildman–Crippen LogP) is 5.46. The summed E-state index contributed by atoms with van der Waals surface area (Å²) >= 11 is 0. The van der Waals surface area contributed by atoms with Crippen LogP contribution in [-0.2, 0) is 4.79 Å². The van der Waals surface area contributed by atoms with Crippen LogP contribution in [0.5, 0.6) is 28.7 Å². The van der Waals surface area contributed by atoms with E-state index in [-0.39, 0.29) is 23.0 Å². The first-order valence-electron chi connectivity index (χ1n) is 12.4. The zero-order chi connectivity index (χ0) is 28.1. The molecule has 4 rings (SSSR count). The lowest BCUT2D eigenvalue weighted by Crippen LogP contribution is -2.29. The van der Waals surface area contributed by atoms with E-state index in [1.807, 2.05) is 6.07 Å². The minimum Gasteiger partial charge on any atom is -0.493 e. The van der Waals surface area contributed by atoms with Crippen molar-refractivity contribution in [3.8, 4) is 34.8 Å². The fourth-order valence-corrected chi connectivity index (χ4v) is 4.06. The van der Waals surface area contributed by atoms with E-state index in [4.69, 9.17) is 29.4 Å². The Hall–Kier alpha value is -4.71. The summed E-state index contributed by atoms with van der Waals surface area (Å²) in [5, 5.41) is 9.89. The summed E-state index contributed by atoms with van der Waals surface area (Å²) < 4.78 is 41.9. The molecule has 1 heterocycles. The predicted molar refractivity (Wildman–Crippen MR) is 141 cm³/mol. The van der Waals surface area contributed by atoms with E-state index in [9.17, 15) is 14.4 Å². The Morgan fingerprint density at radius 1 is 1.08 bits per heavy atom. The van der Waals surface area contributed by atoms with Crippen molar-refractivity contribution in [3.63, 3.8) is 0 Å². The molecule has 0 radical (unpaired) electrons. The fraction of sp³-hybridized carbons (Fsp3) is 0.267. The van der Waals surface area contributed by atoms with Gasteiger partial charge in [-0.1, -0.05) is 38.1 Å². The van der Waals surface area contributed by atoms with Gasteiger partial charge in [0, 0.05) is 11.6 Å². The maximum Gasteiger partial charge on any atom is 0.352 e. The highest BCUT2D eigenvalue weighted by atomic mass is 19.1. The lowest BCUT2D eigenvalue weighted by atomic mass is 9.83. The van der Waals surface area contributed by atoms with Gasteiger partial charge in [0.1, 0.15) is 23.1 Å². The molecule has 2 N–H and O–H groups in total. The Labute approximate surface area is 226 Å². The SMILES string of the molecule is COc1cc(C2C(C#N)=C(N)Oc3cc(OC(=O)C(C)Oc4ccccc4F)ccc32)ccc1OCC(C)C. The van der Waals surface area contributed by atoms with Crippen molar-refractivity contribution in [3.05, 3.63) is 89.1 Å². The molecule has 0 bridgehead atoms. The molecule has 8 nitrogen and oxygen atoms in total. The topological polar surface area (TPSA) is 113 Å². The minimum absolute atomic E-state index is 0.0587. The van der Waals surface area contributed by atoms with E-state index in [0.29, 0.717) is 35.3 Å². The molecule has 2 unspecified atom stereocenters. The zero-order valence-corrected chi connectivity index (χ0v) is 22.1. The lowest BCUT2D eigenvalue weighted by Gasteiger charge is -2.27. The van der Waals surface area contributed by atoms with Gasteiger partial charge in [-0.3, -0.25) is 0 Å². The molecule has 0 spiro atoms. The number of carbonyl (C=O) groups is 1. The molecule has 1 aliphatic rings. The number of methoxy groups -OCH3 is 1. The highest BCUT2D eigenvalue weighted by molar-refractivity contribution is 5.77. The number of para-hydroxylation sites is 1. The van der Waals surface area contributed by atoms with E-state index in [1.165, 1.54) is 31.2 Å². The molecule has 0 saturated carbocycles. The molecule has 9 heteroatoms. The molecule has 3 aromatic rings. The second-order valence-electron chi connectivity index (χ2n) is 9.35. The summed E-state index contributed by atoms with van der Waals surface area (Å²) in [7, 11) is 1.55. The first kappa shape index (κ1) is 27.3. The van der Waals surface area contributed by atoms with E-state index < -0.39 is 23.8 Å². The number of halogens is 1. The number of hydrogen-bond acceptors (Lipinski definition) is 8. The second-order valence-corrected chi connectivity index (χ2v) is 9.35. The number of benzene rings is 3. The van der Waals surface area contributed by atoms with Gasteiger partial charge in [-0.05, 0) is 48.7 Å². The van der Waals surface area contributed by atoms with Gasteiger partial charge in [0.25, 0.3) is 0 Å². The van der Waals surface area contributed by atoms with Crippen LogP contribution in [0.4, 0.5) is 4.39 Å². The van der Waals surface area contributed by atoms with Gasteiger partial charge in [0.15, 0.2) is 29.2 Å². The maximum atomic E-state index is 13.9. The molecule has 0 amide bonds. The minimum atomic E-state index is -1.08. The van der Waals surface area contributed by atoms with Crippen LogP contribution in [0.15, 0.2) is 72.1 Å². The van der Waals surface area contributed by atoms with Gasteiger partial charge < -0.3 is 29.4 Å². The molecule has 3 aromatic carbocycles. The Kier molecular flexibility index (Phi) is 8.25. The van der Waals surface area contributed by atoms with E-state index in [0.717, 1.165) is 5.56 Å². The summed E-state index contributed by atoms with van der Waals surface area (Å²) in [6, 6.07) is 18.2. The molecule has 0 saturated heterocycles. The number of rotatable bonds is 9. The average molecular weight is 533 g/mol. The van der Waals surface area contributed by atoms with Gasteiger partial charge in [0.05, 0.1) is 19.6 Å². The van der Waals surface area contributed by atoms with Crippen molar-refractivity contribution in [2.45, 2.75) is 32.8 Å². The molecule has 2 atom stereocenters. The number of nitrogens with two attached hydrogens (primary N) is 1. The molecule has 202 valence electrons. The van der Waals surface area contributed by atoms with Crippen molar-refractivity contribution >= 4 is 5.97 Å². The third kappa shape index (κ3) is 6.07.